The molecule has 0 saturated heterocycles. The van der Waals surface area contributed by atoms with Gasteiger partial charge in [-0.2, -0.15) is 0 Å². The zero-order chi connectivity index (χ0) is 25.0. The second-order valence-corrected chi connectivity index (χ2v) is 8.08. The Labute approximate surface area is 198 Å². The fourth-order valence-corrected chi connectivity index (χ4v) is 4.11. The van der Waals surface area contributed by atoms with Gasteiger partial charge in [0, 0.05) is 19.7 Å². The third-order valence-electron chi connectivity index (χ3n) is 4.85. The number of hydrogen-bond donors (Lipinski definition) is 0. The molecule has 2 heterocycles. The van der Waals surface area contributed by atoms with E-state index in [0.29, 0.717) is 23.1 Å². The highest BCUT2D eigenvalue weighted by Crippen LogP contribution is 2.30. The molecule has 0 aliphatic carbocycles. The van der Waals surface area contributed by atoms with Crippen LogP contribution in [0.3, 0.4) is 0 Å². The molecule has 3 rings (SSSR count). The number of nitrogens with zero attached hydrogens (tertiary/aromatic N) is 4. The molecule has 0 unspecified atom stereocenters. The van der Waals surface area contributed by atoms with Crippen LogP contribution >= 0.6 is 11.8 Å². The minimum absolute atomic E-state index is 0.00883. The summed E-state index contributed by atoms with van der Waals surface area (Å²) in [5.41, 5.74) is -0.613. The van der Waals surface area contributed by atoms with Crippen molar-refractivity contribution in [1.29, 1.82) is 0 Å². The van der Waals surface area contributed by atoms with Crippen LogP contribution in [-0.4, -0.2) is 56.6 Å². The van der Waals surface area contributed by atoms with Crippen molar-refractivity contribution in [2.45, 2.75) is 24.1 Å². The van der Waals surface area contributed by atoms with Gasteiger partial charge in [0.25, 0.3) is 5.56 Å². The quantitative estimate of drug-likeness (QED) is 0.198. The molecule has 0 amide bonds. The average Bonchev–Trinajstić information content (AvgIpc) is 2.84. The van der Waals surface area contributed by atoms with E-state index in [1.54, 1.807) is 38.1 Å². The summed E-state index contributed by atoms with van der Waals surface area (Å²) in [5, 5.41) is -1.40. The summed E-state index contributed by atoms with van der Waals surface area (Å²) >= 11 is 0.715. The van der Waals surface area contributed by atoms with E-state index in [0.717, 1.165) is 4.57 Å². The van der Waals surface area contributed by atoms with Gasteiger partial charge in [-0.25, -0.2) is 14.8 Å². The van der Waals surface area contributed by atoms with E-state index in [2.05, 4.69) is 9.97 Å². The van der Waals surface area contributed by atoms with Crippen molar-refractivity contribution in [2.24, 2.45) is 14.1 Å². The number of thioether (sulfide) groups is 1. The molecule has 0 radical (unpaired) electrons. The lowest BCUT2D eigenvalue weighted by atomic mass is 10.2. The van der Waals surface area contributed by atoms with Gasteiger partial charge in [0.05, 0.1) is 20.3 Å². The van der Waals surface area contributed by atoms with Crippen LogP contribution in [0.15, 0.2) is 38.9 Å². The fourth-order valence-electron chi connectivity index (χ4n) is 3.12. The molecule has 0 spiro atoms. The molecule has 11 nitrogen and oxygen atoms in total. The molecule has 0 aliphatic heterocycles. The number of aromatic nitrogens is 4. The van der Waals surface area contributed by atoms with Crippen molar-refractivity contribution in [3.63, 3.8) is 0 Å². The first-order valence-electron chi connectivity index (χ1n) is 10.4. The van der Waals surface area contributed by atoms with E-state index < -0.39 is 28.4 Å². The van der Waals surface area contributed by atoms with E-state index in [-0.39, 0.29) is 35.1 Å². The highest BCUT2D eigenvalue weighted by Gasteiger charge is 2.33. The largest absolute Gasteiger partial charge is 0.497 e. The van der Waals surface area contributed by atoms with E-state index in [1.807, 2.05) is 0 Å². The number of benzene rings is 1. The fraction of sp³-hybridized carbons (Fsp3) is 0.364. The van der Waals surface area contributed by atoms with Gasteiger partial charge in [-0.1, -0.05) is 11.8 Å². The number of carbonyl (C=O) groups excluding carboxylic acids is 2. The van der Waals surface area contributed by atoms with Gasteiger partial charge in [0.2, 0.25) is 5.25 Å². The monoisotopic (exact) mass is 488 g/mol. The topological polar surface area (TPSA) is 132 Å². The Morgan fingerprint density at radius 3 is 2.09 bits per heavy atom. The number of rotatable bonds is 8. The van der Waals surface area contributed by atoms with Crippen molar-refractivity contribution in [3.05, 3.63) is 45.1 Å². The molecule has 0 fully saturated rings. The van der Waals surface area contributed by atoms with Crippen molar-refractivity contribution >= 4 is 34.7 Å². The first-order valence-corrected chi connectivity index (χ1v) is 11.2. The van der Waals surface area contributed by atoms with E-state index in [4.69, 9.17) is 14.2 Å². The van der Waals surface area contributed by atoms with Gasteiger partial charge in [-0.3, -0.25) is 23.5 Å². The van der Waals surface area contributed by atoms with Gasteiger partial charge < -0.3 is 14.2 Å². The highest BCUT2D eigenvalue weighted by atomic mass is 32.2. The Bertz CT molecular complexity index is 1330. The minimum Gasteiger partial charge on any atom is -0.497 e. The standard InChI is InChI=1S/C22H24N4O7S/c1-6-32-20(28)15(21(29)33-7-2)34-18-14-17(25(3)22(30)26(4)19(14)27)23-16(24-18)12-8-10-13(31-5)11-9-12/h8-11,15H,6-7H2,1-5H3. The van der Waals surface area contributed by atoms with Gasteiger partial charge in [0.1, 0.15) is 16.2 Å². The first-order chi connectivity index (χ1) is 16.2. The third-order valence-corrected chi connectivity index (χ3v) is 5.99. The van der Waals surface area contributed by atoms with Crippen LogP contribution in [-0.2, 0) is 33.2 Å². The maximum atomic E-state index is 13.0. The lowest BCUT2D eigenvalue weighted by Crippen LogP contribution is -2.38. The first kappa shape index (κ1) is 25.0. The van der Waals surface area contributed by atoms with E-state index in [9.17, 15) is 19.2 Å². The summed E-state index contributed by atoms with van der Waals surface area (Å²) in [6.07, 6.45) is 0. The Morgan fingerprint density at radius 2 is 1.56 bits per heavy atom. The van der Waals surface area contributed by atoms with E-state index in [1.165, 1.54) is 25.8 Å². The normalized spacial score (nSPS) is 11.0. The Morgan fingerprint density at radius 1 is 0.971 bits per heavy atom. The van der Waals surface area contributed by atoms with Crippen LogP contribution in [0.5, 0.6) is 5.75 Å². The summed E-state index contributed by atoms with van der Waals surface area (Å²) in [5.74, 6) is -0.854. The number of fused-ring (bicyclic) bond motifs is 1. The van der Waals surface area contributed by atoms with Crippen LogP contribution in [0.1, 0.15) is 13.8 Å². The zero-order valence-corrected chi connectivity index (χ0v) is 20.2. The highest BCUT2D eigenvalue weighted by molar-refractivity contribution is 8.01. The summed E-state index contributed by atoms with van der Waals surface area (Å²) in [7, 11) is 4.33. The van der Waals surface area contributed by atoms with Gasteiger partial charge >= 0.3 is 17.6 Å². The lowest BCUT2D eigenvalue weighted by molar-refractivity contribution is -0.152. The number of ether oxygens (including phenoxy) is 3. The van der Waals surface area contributed by atoms with Crippen molar-refractivity contribution in [3.8, 4) is 17.1 Å². The number of esters is 2. The summed E-state index contributed by atoms with van der Waals surface area (Å²) in [6.45, 7) is 3.32. The maximum absolute atomic E-state index is 13.0. The molecule has 180 valence electrons. The van der Waals surface area contributed by atoms with Gasteiger partial charge in [-0.05, 0) is 38.1 Å². The maximum Gasteiger partial charge on any atom is 0.332 e. The van der Waals surface area contributed by atoms with Crippen molar-refractivity contribution in [1.82, 2.24) is 19.1 Å². The molecule has 0 bridgehead atoms. The van der Waals surface area contributed by atoms with Crippen LogP contribution < -0.4 is 16.0 Å². The SMILES string of the molecule is CCOC(=O)C(Sc1nc(-c2ccc(OC)cc2)nc2c1c(=O)n(C)c(=O)n2C)C(=O)OCC. The minimum atomic E-state index is -1.43. The summed E-state index contributed by atoms with van der Waals surface area (Å²) in [6, 6.07) is 6.83. The Balaban J connectivity index is 2.28. The molecule has 0 N–H and O–H groups in total. The smallest absolute Gasteiger partial charge is 0.332 e. The van der Waals surface area contributed by atoms with Crippen LogP contribution in [0.4, 0.5) is 0 Å². The van der Waals surface area contributed by atoms with Crippen LogP contribution in [0.25, 0.3) is 22.4 Å². The average molecular weight is 489 g/mol. The van der Waals surface area contributed by atoms with E-state index >= 15 is 0 Å². The molecule has 3 aromatic rings. The number of carbonyl (C=O) groups is 2. The molecule has 0 aliphatic rings. The molecule has 12 heteroatoms. The third kappa shape index (κ3) is 4.81. The second kappa shape index (κ2) is 10.5. The van der Waals surface area contributed by atoms with Crippen LogP contribution in [0, 0.1) is 0 Å². The molecule has 2 aromatic heterocycles. The van der Waals surface area contributed by atoms with Crippen LogP contribution in [0.2, 0.25) is 0 Å². The van der Waals surface area contributed by atoms with Crippen molar-refractivity contribution in [2.75, 3.05) is 20.3 Å². The summed E-state index contributed by atoms with van der Waals surface area (Å²) in [4.78, 5) is 59.6. The number of aryl methyl sites for hydroxylation is 1. The number of hydrogen-bond acceptors (Lipinski definition) is 10. The van der Waals surface area contributed by atoms with Crippen molar-refractivity contribution < 1.29 is 23.8 Å². The second-order valence-electron chi connectivity index (χ2n) is 6.99. The van der Waals surface area contributed by atoms with Gasteiger partial charge in [-0.15, -0.1) is 0 Å². The predicted octanol–water partition coefficient (Wildman–Crippen LogP) is 1.29. The zero-order valence-electron chi connectivity index (χ0n) is 19.4. The Hall–Kier alpha value is -3.67. The summed E-state index contributed by atoms with van der Waals surface area (Å²) < 4.78 is 17.4. The Kier molecular flexibility index (Phi) is 7.72. The molecule has 0 saturated carbocycles. The molecule has 0 atom stereocenters. The number of methoxy groups -OCH3 is 1. The molecule has 1 aromatic carbocycles. The van der Waals surface area contributed by atoms with Gasteiger partial charge in [0.15, 0.2) is 11.5 Å². The molecular weight excluding hydrogens is 464 g/mol. The lowest BCUT2D eigenvalue weighted by Gasteiger charge is -2.16. The molecular formula is C22H24N4O7S. The predicted molar refractivity (Wildman–Crippen MR) is 125 cm³/mol. The molecule has 34 heavy (non-hydrogen) atoms.